The summed E-state index contributed by atoms with van der Waals surface area (Å²) in [5, 5.41) is 0. The normalized spacial score (nSPS) is 16.6. The minimum absolute atomic E-state index is 0.171. The van der Waals surface area contributed by atoms with Crippen LogP contribution in [0, 0.1) is 0 Å². The van der Waals surface area contributed by atoms with Gasteiger partial charge < -0.3 is 9.15 Å². The van der Waals surface area contributed by atoms with Crippen molar-refractivity contribution in [3.63, 3.8) is 0 Å². The molecule has 2 heteroatoms. The van der Waals surface area contributed by atoms with Crippen molar-refractivity contribution < 1.29 is 9.15 Å². The quantitative estimate of drug-likeness (QED) is 0.591. The fraction of sp³-hybridized carbons (Fsp3) is 0.600. The van der Waals surface area contributed by atoms with Crippen LogP contribution in [0.2, 0.25) is 0 Å². The average Bonchev–Trinajstić information content (AvgIpc) is 2.37. The van der Waals surface area contributed by atoms with Crippen molar-refractivity contribution >= 4 is 0 Å². The molecule has 0 atom stereocenters. The van der Waals surface area contributed by atoms with E-state index in [-0.39, 0.29) is 5.41 Å². The summed E-state index contributed by atoms with van der Waals surface area (Å²) in [4.78, 5) is 0. The van der Waals surface area contributed by atoms with Gasteiger partial charge in [-0.3, -0.25) is 0 Å². The van der Waals surface area contributed by atoms with E-state index >= 15 is 0 Å². The van der Waals surface area contributed by atoms with Crippen molar-refractivity contribution in [3.8, 4) is 0 Å². The summed E-state index contributed by atoms with van der Waals surface area (Å²) >= 11 is 0. The molecule has 2 rings (SSSR count). The summed E-state index contributed by atoms with van der Waals surface area (Å²) in [7, 11) is 0. The molecule has 66 valence electrons. The largest absolute Gasteiger partial charge is 0.466 e. The van der Waals surface area contributed by atoms with Crippen molar-refractivity contribution in [2.75, 3.05) is 0 Å². The second-order valence-corrected chi connectivity index (χ2v) is 4.29. The Bertz CT molecular complexity index is 291. The Morgan fingerprint density at radius 1 is 1.25 bits per heavy atom. The van der Waals surface area contributed by atoms with E-state index in [1.165, 1.54) is 11.1 Å². The number of fused-ring (bicyclic) bond motifs is 1. The molecule has 1 aromatic rings. The Morgan fingerprint density at radius 3 is 2.67 bits per heavy atom. The van der Waals surface area contributed by atoms with Gasteiger partial charge >= 0.3 is 0 Å². The second-order valence-electron chi connectivity index (χ2n) is 4.29. The summed E-state index contributed by atoms with van der Waals surface area (Å²) in [6.07, 6.45) is 1.87. The lowest BCUT2D eigenvalue weighted by Crippen LogP contribution is -2.11. The Kier molecular flexibility index (Phi) is 1.55. The zero-order chi connectivity index (χ0) is 8.77. The van der Waals surface area contributed by atoms with Crippen molar-refractivity contribution in [1.82, 2.24) is 0 Å². The molecular weight excluding hydrogens is 152 g/mol. The van der Waals surface area contributed by atoms with E-state index < -0.39 is 0 Å². The highest BCUT2D eigenvalue weighted by atomic mass is 16.5. The van der Waals surface area contributed by atoms with Crippen molar-refractivity contribution in [3.05, 3.63) is 23.2 Å². The van der Waals surface area contributed by atoms with Gasteiger partial charge in [0.15, 0.2) is 0 Å². The van der Waals surface area contributed by atoms with Crippen molar-refractivity contribution in [2.24, 2.45) is 0 Å². The topological polar surface area (TPSA) is 22.4 Å². The zero-order valence-electron chi connectivity index (χ0n) is 7.81. The molecule has 0 spiro atoms. The summed E-state index contributed by atoms with van der Waals surface area (Å²) in [5.41, 5.74) is 2.72. The molecule has 0 amide bonds. The summed E-state index contributed by atoms with van der Waals surface area (Å²) < 4.78 is 10.7. The van der Waals surface area contributed by atoms with Crippen LogP contribution < -0.4 is 0 Å². The Hall–Kier alpha value is -0.760. The molecule has 0 aromatic carbocycles. The molecule has 0 fully saturated rings. The molecule has 1 aliphatic rings. The van der Waals surface area contributed by atoms with Crippen molar-refractivity contribution in [1.29, 1.82) is 0 Å². The first-order valence-electron chi connectivity index (χ1n) is 4.26. The number of furan rings is 1. The number of hydrogen-bond donors (Lipinski definition) is 0. The van der Waals surface area contributed by atoms with Crippen LogP contribution in [0.15, 0.2) is 10.7 Å². The van der Waals surface area contributed by atoms with Crippen LogP contribution in [-0.4, -0.2) is 0 Å². The Balaban J connectivity index is 2.46. The predicted octanol–water partition coefficient (Wildman–Crippen LogP) is 2.61. The third-order valence-electron chi connectivity index (χ3n) is 2.27. The summed E-state index contributed by atoms with van der Waals surface area (Å²) in [6.45, 7) is 7.94. The van der Waals surface area contributed by atoms with Crippen LogP contribution in [0.4, 0.5) is 0 Å². The van der Waals surface area contributed by atoms with Crippen LogP contribution in [0.5, 0.6) is 0 Å². The van der Waals surface area contributed by atoms with E-state index in [4.69, 9.17) is 9.15 Å². The molecule has 0 saturated heterocycles. The van der Waals surface area contributed by atoms with Gasteiger partial charge in [0.05, 0.1) is 12.9 Å². The standard InChI is InChI=1S/C10H14O2/c1-10(2,3)8-5-12-9-6-11-4-7(8)9/h5H,4,6H2,1-3H3. The van der Waals surface area contributed by atoms with Gasteiger partial charge in [-0.15, -0.1) is 0 Å². The van der Waals surface area contributed by atoms with E-state index in [1.54, 1.807) is 0 Å². The van der Waals surface area contributed by atoms with Gasteiger partial charge in [0.25, 0.3) is 0 Å². The predicted molar refractivity (Wildman–Crippen MR) is 45.9 cm³/mol. The molecular formula is C10H14O2. The van der Waals surface area contributed by atoms with Gasteiger partial charge in [-0.05, 0) is 5.41 Å². The smallest absolute Gasteiger partial charge is 0.135 e. The first kappa shape index (κ1) is 7.87. The highest BCUT2D eigenvalue weighted by Gasteiger charge is 2.26. The van der Waals surface area contributed by atoms with Crippen LogP contribution in [0.25, 0.3) is 0 Å². The van der Waals surface area contributed by atoms with E-state index in [1.807, 2.05) is 6.26 Å². The third kappa shape index (κ3) is 1.07. The molecule has 0 unspecified atom stereocenters. The van der Waals surface area contributed by atoms with Gasteiger partial charge in [0.2, 0.25) is 0 Å². The lowest BCUT2D eigenvalue weighted by atomic mass is 9.86. The lowest BCUT2D eigenvalue weighted by molar-refractivity contribution is 0.123. The molecule has 12 heavy (non-hydrogen) atoms. The molecule has 1 aromatic heterocycles. The van der Waals surface area contributed by atoms with E-state index in [0.717, 1.165) is 12.4 Å². The van der Waals surface area contributed by atoms with E-state index in [9.17, 15) is 0 Å². The van der Waals surface area contributed by atoms with Crippen LogP contribution in [0.3, 0.4) is 0 Å². The van der Waals surface area contributed by atoms with Gasteiger partial charge in [-0.1, -0.05) is 20.8 Å². The van der Waals surface area contributed by atoms with Gasteiger partial charge in [0, 0.05) is 11.1 Å². The molecule has 0 saturated carbocycles. The van der Waals surface area contributed by atoms with Crippen LogP contribution in [-0.2, 0) is 23.4 Å². The number of ether oxygens (including phenoxy) is 1. The minimum Gasteiger partial charge on any atom is -0.466 e. The lowest BCUT2D eigenvalue weighted by Gasteiger charge is -2.17. The van der Waals surface area contributed by atoms with Crippen LogP contribution in [0.1, 0.15) is 37.7 Å². The molecule has 0 bridgehead atoms. The van der Waals surface area contributed by atoms with Gasteiger partial charge in [-0.25, -0.2) is 0 Å². The number of hydrogen-bond acceptors (Lipinski definition) is 2. The van der Waals surface area contributed by atoms with Gasteiger partial charge in [-0.2, -0.15) is 0 Å². The maximum absolute atomic E-state index is 5.41. The molecule has 2 heterocycles. The summed E-state index contributed by atoms with van der Waals surface area (Å²) in [6, 6.07) is 0. The fourth-order valence-electron chi connectivity index (χ4n) is 1.58. The fourth-order valence-corrected chi connectivity index (χ4v) is 1.58. The van der Waals surface area contributed by atoms with E-state index in [0.29, 0.717) is 6.61 Å². The van der Waals surface area contributed by atoms with E-state index in [2.05, 4.69) is 20.8 Å². The SMILES string of the molecule is CC(C)(C)c1coc2c1COC2. The average molecular weight is 166 g/mol. The Morgan fingerprint density at radius 2 is 2.00 bits per heavy atom. The molecule has 0 radical (unpaired) electrons. The monoisotopic (exact) mass is 166 g/mol. The molecule has 0 N–H and O–H groups in total. The maximum atomic E-state index is 5.41. The first-order chi connectivity index (χ1) is 5.59. The second kappa shape index (κ2) is 2.36. The third-order valence-corrected chi connectivity index (χ3v) is 2.27. The highest BCUT2D eigenvalue weighted by molar-refractivity contribution is 5.34. The maximum Gasteiger partial charge on any atom is 0.135 e. The molecule has 0 aliphatic carbocycles. The van der Waals surface area contributed by atoms with Gasteiger partial charge in [0.1, 0.15) is 12.4 Å². The highest BCUT2D eigenvalue weighted by Crippen LogP contribution is 2.33. The zero-order valence-corrected chi connectivity index (χ0v) is 7.81. The van der Waals surface area contributed by atoms with Crippen molar-refractivity contribution in [2.45, 2.75) is 39.4 Å². The molecule has 1 aliphatic heterocycles. The summed E-state index contributed by atoms with van der Waals surface area (Å²) in [5.74, 6) is 1.01. The molecule has 2 nitrogen and oxygen atoms in total. The Labute approximate surface area is 72.5 Å². The minimum atomic E-state index is 0.171. The first-order valence-corrected chi connectivity index (χ1v) is 4.26. The van der Waals surface area contributed by atoms with Crippen LogP contribution >= 0.6 is 0 Å². The number of rotatable bonds is 0.